The largest absolute Gasteiger partial charge is 0.394 e. The topological polar surface area (TPSA) is 189 Å². The lowest BCUT2D eigenvalue weighted by molar-refractivity contribution is -0.303. The molecule has 9 atom stereocenters. The summed E-state index contributed by atoms with van der Waals surface area (Å²) in [7, 11) is 0. The first-order valence-electron chi connectivity index (χ1n) is 27.5. The van der Waals surface area contributed by atoms with Crippen molar-refractivity contribution >= 4 is 5.91 Å². The van der Waals surface area contributed by atoms with Gasteiger partial charge in [0.25, 0.3) is 0 Å². The lowest BCUT2D eigenvalue weighted by atomic mass is 9.98. The molecule has 0 aromatic carbocycles. The van der Waals surface area contributed by atoms with Gasteiger partial charge in [-0.15, -0.1) is 0 Å². The Hall–Kier alpha value is -1.93. The minimum Gasteiger partial charge on any atom is -0.394 e. The van der Waals surface area contributed by atoms with Crippen molar-refractivity contribution in [1.29, 1.82) is 0 Å². The number of unbranched alkanes of at least 4 members (excludes halogenated alkanes) is 27. The molecule has 1 fully saturated rings. The van der Waals surface area contributed by atoms with E-state index in [9.17, 15) is 40.5 Å². The van der Waals surface area contributed by atoms with E-state index in [-0.39, 0.29) is 12.8 Å². The van der Waals surface area contributed by atoms with Gasteiger partial charge < -0.3 is 50.5 Å². The first-order valence-corrected chi connectivity index (χ1v) is 27.5. The Morgan fingerprint density at radius 2 is 1.00 bits per heavy atom. The summed E-state index contributed by atoms with van der Waals surface area (Å²) in [5, 5.41) is 75.5. The number of hydrogen-bond donors (Lipinski definition) is 8. The second kappa shape index (κ2) is 45.2. The highest BCUT2D eigenvalue weighted by Crippen LogP contribution is 2.23. The standard InChI is InChI=1S/C56H103NO10/c1-3-5-7-9-11-13-14-15-16-17-18-19-20-21-22-23-24-25-26-27-28-29-30-31-32-33-34-35-36-38-40-42-44-49(60)55(65)57-47(46-66-56-54(64)53(63)52(62)50(45-58)67-56)51(61)48(59)43-41-39-37-12-10-8-6-4-2/h4,6,12,18-19,21-22,37,47-54,56,58-64H,3,5,7-11,13-17,20,23-36,38-46H2,1-2H3,(H,57,65)/b6-4+,19-18-,22-21-,37-12+. The van der Waals surface area contributed by atoms with Crippen LogP contribution < -0.4 is 5.32 Å². The maximum Gasteiger partial charge on any atom is 0.249 e. The first-order chi connectivity index (χ1) is 32.7. The zero-order chi connectivity index (χ0) is 49.0. The zero-order valence-corrected chi connectivity index (χ0v) is 42.6. The number of hydrogen-bond acceptors (Lipinski definition) is 10. The number of ether oxygens (including phenoxy) is 2. The van der Waals surface area contributed by atoms with Crippen molar-refractivity contribution in [2.75, 3.05) is 13.2 Å². The minimum atomic E-state index is -1.67. The van der Waals surface area contributed by atoms with Crippen LogP contribution in [0.1, 0.15) is 232 Å². The van der Waals surface area contributed by atoms with Crippen LogP contribution >= 0.6 is 0 Å². The molecular weight excluding hydrogens is 847 g/mol. The normalized spacial score (nSPS) is 21.0. The van der Waals surface area contributed by atoms with Crippen LogP contribution in [0.3, 0.4) is 0 Å². The second-order valence-electron chi connectivity index (χ2n) is 19.3. The van der Waals surface area contributed by atoms with E-state index in [4.69, 9.17) is 9.47 Å². The molecule has 67 heavy (non-hydrogen) atoms. The van der Waals surface area contributed by atoms with Crippen molar-refractivity contribution in [3.8, 4) is 0 Å². The highest BCUT2D eigenvalue weighted by Gasteiger charge is 2.44. The van der Waals surface area contributed by atoms with Gasteiger partial charge in [-0.3, -0.25) is 4.79 Å². The molecule has 0 radical (unpaired) electrons. The lowest BCUT2D eigenvalue weighted by Crippen LogP contribution is -2.60. The number of carbonyl (C=O) groups is 1. The van der Waals surface area contributed by atoms with Crippen molar-refractivity contribution in [3.05, 3.63) is 48.6 Å². The fourth-order valence-corrected chi connectivity index (χ4v) is 8.67. The predicted octanol–water partition coefficient (Wildman–Crippen LogP) is 10.9. The molecule has 1 amide bonds. The Bertz CT molecular complexity index is 1230. The molecule has 0 aromatic heterocycles. The highest BCUT2D eigenvalue weighted by atomic mass is 16.7. The van der Waals surface area contributed by atoms with Gasteiger partial charge in [0.2, 0.25) is 5.91 Å². The summed E-state index contributed by atoms with van der Waals surface area (Å²) in [5.41, 5.74) is 0. The van der Waals surface area contributed by atoms with E-state index in [2.05, 4.69) is 48.7 Å². The minimum absolute atomic E-state index is 0.243. The molecule has 0 bridgehead atoms. The van der Waals surface area contributed by atoms with Crippen LogP contribution in [0.25, 0.3) is 0 Å². The smallest absolute Gasteiger partial charge is 0.249 e. The molecule has 0 aromatic rings. The molecule has 0 saturated carbocycles. The van der Waals surface area contributed by atoms with Crippen molar-refractivity contribution in [2.24, 2.45) is 0 Å². The summed E-state index contributed by atoms with van der Waals surface area (Å²) in [6, 6.07) is -1.19. The van der Waals surface area contributed by atoms with E-state index in [1.165, 1.54) is 148 Å². The van der Waals surface area contributed by atoms with Crippen molar-refractivity contribution in [1.82, 2.24) is 5.32 Å². The summed E-state index contributed by atoms with van der Waals surface area (Å²) in [6.45, 7) is 3.18. The molecule has 1 heterocycles. The van der Waals surface area contributed by atoms with Gasteiger partial charge in [-0.25, -0.2) is 0 Å². The molecule has 0 spiro atoms. The van der Waals surface area contributed by atoms with Crippen molar-refractivity contribution < 1.29 is 50.0 Å². The third kappa shape index (κ3) is 34.1. The van der Waals surface area contributed by atoms with Gasteiger partial charge in [0.05, 0.1) is 25.4 Å². The van der Waals surface area contributed by atoms with Crippen molar-refractivity contribution in [3.63, 3.8) is 0 Å². The summed E-state index contributed by atoms with van der Waals surface area (Å²) in [5.74, 6) is -0.714. The highest BCUT2D eigenvalue weighted by molar-refractivity contribution is 5.80. The number of rotatable bonds is 46. The molecule has 1 aliphatic rings. The van der Waals surface area contributed by atoms with Crippen LogP contribution in [0.15, 0.2) is 48.6 Å². The van der Waals surface area contributed by atoms with Crippen LogP contribution in [0.2, 0.25) is 0 Å². The van der Waals surface area contributed by atoms with Crippen LogP contribution in [0.5, 0.6) is 0 Å². The monoisotopic (exact) mass is 950 g/mol. The predicted molar refractivity (Wildman–Crippen MR) is 275 cm³/mol. The van der Waals surface area contributed by atoms with Gasteiger partial charge in [0.1, 0.15) is 36.6 Å². The SMILES string of the molecule is C/C=C/CC/C=C/CCCC(O)C(O)C(COC1OC(CO)C(O)C(O)C1O)NC(=O)C(O)CCCCCCCCCCCCCCCCCC/C=C\C/C=C\CCCCCCCCCCC. The van der Waals surface area contributed by atoms with Gasteiger partial charge in [0, 0.05) is 0 Å². The van der Waals surface area contributed by atoms with Crippen LogP contribution in [-0.4, -0.2) is 110 Å². The van der Waals surface area contributed by atoms with E-state index >= 15 is 0 Å². The Kier molecular flexibility index (Phi) is 42.6. The Balaban J connectivity index is 2.16. The number of amides is 1. The summed E-state index contributed by atoms with van der Waals surface area (Å²) < 4.78 is 11.1. The number of allylic oxidation sites excluding steroid dienone is 8. The third-order valence-electron chi connectivity index (χ3n) is 13.2. The molecule has 0 aliphatic carbocycles. The van der Waals surface area contributed by atoms with Crippen LogP contribution in [0.4, 0.5) is 0 Å². The van der Waals surface area contributed by atoms with Crippen molar-refractivity contribution in [2.45, 2.75) is 287 Å². The number of aliphatic hydroxyl groups is 7. The first kappa shape index (κ1) is 63.1. The Morgan fingerprint density at radius 1 is 0.552 bits per heavy atom. The quantitative estimate of drug-likeness (QED) is 0.0215. The Labute approximate surface area is 409 Å². The molecule has 1 aliphatic heterocycles. The maximum atomic E-state index is 13.1. The molecule has 11 heteroatoms. The van der Waals surface area contributed by atoms with Gasteiger partial charge in [-0.2, -0.15) is 0 Å². The van der Waals surface area contributed by atoms with E-state index in [0.717, 1.165) is 38.5 Å². The number of carbonyl (C=O) groups excluding carboxylic acids is 1. The summed E-state index contributed by atoms with van der Waals surface area (Å²) >= 11 is 0. The van der Waals surface area contributed by atoms with E-state index in [1.807, 2.05) is 19.1 Å². The van der Waals surface area contributed by atoms with E-state index in [0.29, 0.717) is 19.3 Å². The third-order valence-corrected chi connectivity index (χ3v) is 13.2. The van der Waals surface area contributed by atoms with Crippen LogP contribution in [-0.2, 0) is 14.3 Å². The summed E-state index contributed by atoms with van der Waals surface area (Å²) in [6.07, 6.45) is 45.3. The molecule has 392 valence electrons. The lowest BCUT2D eigenvalue weighted by Gasteiger charge is -2.40. The molecule has 1 saturated heterocycles. The number of nitrogens with one attached hydrogen (secondary N) is 1. The molecule has 8 N–H and O–H groups in total. The van der Waals surface area contributed by atoms with E-state index in [1.54, 1.807) is 0 Å². The Morgan fingerprint density at radius 3 is 1.51 bits per heavy atom. The van der Waals surface area contributed by atoms with Crippen LogP contribution in [0, 0.1) is 0 Å². The van der Waals surface area contributed by atoms with Gasteiger partial charge in [-0.05, 0) is 77.6 Å². The number of aliphatic hydroxyl groups excluding tert-OH is 7. The average molecular weight is 950 g/mol. The maximum absolute atomic E-state index is 13.1. The van der Waals surface area contributed by atoms with E-state index < -0.39 is 74.2 Å². The molecule has 11 nitrogen and oxygen atoms in total. The molecule has 1 rings (SSSR count). The fraction of sp³-hybridized carbons (Fsp3) is 0.839. The zero-order valence-electron chi connectivity index (χ0n) is 42.6. The molecule has 9 unspecified atom stereocenters. The van der Waals surface area contributed by atoms with Gasteiger partial charge in [-0.1, -0.05) is 203 Å². The summed E-state index contributed by atoms with van der Waals surface area (Å²) in [4.78, 5) is 13.1. The average Bonchev–Trinajstić information content (AvgIpc) is 3.33. The fourth-order valence-electron chi connectivity index (χ4n) is 8.67. The van der Waals surface area contributed by atoms with Gasteiger partial charge in [0.15, 0.2) is 6.29 Å². The molecular formula is C56H103NO10. The second-order valence-corrected chi connectivity index (χ2v) is 19.3. The van der Waals surface area contributed by atoms with Gasteiger partial charge >= 0.3 is 0 Å².